The van der Waals surface area contributed by atoms with Crippen LogP contribution in [0, 0.1) is 32.1 Å². The van der Waals surface area contributed by atoms with Gasteiger partial charge in [0.25, 0.3) is 0 Å². The number of hydrogen-bond acceptors (Lipinski definition) is 2. The number of terminal acetylenes is 1. The molecule has 0 bridgehead atoms. The van der Waals surface area contributed by atoms with Crippen LogP contribution in [0.15, 0.2) is 42.7 Å². The molecular formula is C29H37ClN2O. The molecule has 2 heterocycles. The molecule has 33 heavy (non-hydrogen) atoms. The monoisotopic (exact) mass is 464 g/mol. The first-order chi connectivity index (χ1) is 15.4. The number of halogens is 1. The summed E-state index contributed by atoms with van der Waals surface area (Å²) in [6, 6.07) is 10.2. The number of aliphatic hydroxyl groups excluding tert-OH is 1. The van der Waals surface area contributed by atoms with E-state index >= 15 is 0 Å². The lowest BCUT2D eigenvalue weighted by Gasteiger charge is -2.31. The van der Waals surface area contributed by atoms with Crippen LogP contribution in [0.4, 0.5) is 5.69 Å². The number of aromatic nitrogens is 1. The van der Waals surface area contributed by atoms with Crippen LogP contribution in [-0.2, 0) is 13.0 Å². The van der Waals surface area contributed by atoms with E-state index < -0.39 is 0 Å². The summed E-state index contributed by atoms with van der Waals surface area (Å²) in [4.78, 5) is 2.33. The van der Waals surface area contributed by atoms with E-state index in [9.17, 15) is 5.11 Å². The Morgan fingerprint density at radius 2 is 1.64 bits per heavy atom. The van der Waals surface area contributed by atoms with Crippen LogP contribution >= 0.6 is 11.6 Å². The minimum absolute atomic E-state index is 0.185. The molecule has 0 radical (unpaired) electrons. The normalized spacial score (nSPS) is 12.5. The first-order valence-electron chi connectivity index (χ1n) is 11.2. The van der Waals surface area contributed by atoms with Gasteiger partial charge in [0.2, 0.25) is 0 Å². The quantitative estimate of drug-likeness (QED) is 0.314. The highest BCUT2D eigenvalue weighted by molar-refractivity contribution is 6.30. The van der Waals surface area contributed by atoms with Crippen molar-refractivity contribution < 1.29 is 5.11 Å². The molecule has 0 saturated heterocycles. The Labute approximate surface area is 204 Å². The van der Waals surface area contributed by atoms with Crippen molar-refractivity contribution in [1.29, 1.82) is 0 Å². The van der Waals surface area contributed by atoms with Gasteiger partial charge in [-0.25, -0.2) is 0 Å². The summed E-state index contributed by atoms with van der Waals surface area (Å²) in [5, 5.41) is 11.9. The average Bonchev–Trinajstić information content (AvgIpc) is 3.04. The summed E-state index contributed by atoms with van der Waals surface area (Å²) in [5.74, 6) is 0.185. The number of hydrogen-bond donors (Lipinski definition) is 1. The van der Waals surface area contributed by atoms with E-state index in [4.69, 9.17) is 11.6 Å². The lowest BCUT2D eigenvalue weighted by atomic mass is 9.88. The summed E-state index contributed by atoms with van der Waals surface area (Å²) in [5.41, 5.74) is 8.94. The van der Waals surface area contributed by atoms with E-state index in [-0.39, 0.29) is 5.76 Å². The van der Waals surface area contributed by atoms with Gasteiger partial charge in [0.05, 0.1) is 17.0 Å². The Morgan fingerprint density at radius 3 is 2.15 bits per heavy atom. The lowest BCUT2D eigenvalue weighted by Crippen LogP contribution is -2.29. The van der Waals surface area contributed by atoms with Crippen molar-refractivity contribution in [2.75, 3.05) is 18.5 Å². The summed E-state index contributed by atoms with van der Waals surface area (Å²) in [7, 11) is 2.15. The highest BCUT2D eigenvalue weighted by Gasteiger charge is 2.26. The standard InChI is InChI=1S/C22H23ClN2O.C5H12.C2H2/c1-13-11-19-20(16-5-7-17(23)8-6-16)18(12-14(2)26)15(3)21-22(19)25(13)10-9-24(21)4;1-5(2,3)4;1-2/h5-8,11,26H,2,9-10,12H2,1,3-4H3;1-4H3;1-2H. The van der Waals surface area contributed by atoms with Gasteiger partial charge in [0.15, 0.2) is 0 Å². The smallest absolute Gasteiger partial charge is 0.0895 e. The van der Waals surface area contributed by atoms with E-state index in [1.165, 1.54) is 33.4 Å². The molecule has 1 aliphatic rings. The minimum atomic E-state index is 0.185. The van der Waals surface area contributed by atoms with E-state index in [1.54, 1.807) is 0 Å². The van der Waals surface area contributed by atoms with E-state index in [2.05, 4.69) is 95.7 Å². The van der Waals surface area contributed by atoms with Crippen LogP contribution in [-0.4, -0.2) is 23.3 Å². The first-order valence-corrected chi connectivity index (χ1v) is 11.6. The topological polar surface area (TPSA) is 28.4 Å². The number of rotatable bonds is 3. The third-order valence-electron chi connectivity index (χ3n) is 5.46. The number of nitrogens with zero attached hydrogens (tertiary/aromatic N) is 2. The number of allylic oxidation sites excluding steroid dienone is 1. The molecule has 4 rings (SSSR count). The van der Waals surface area contributed by atoms with Crippen molar-refractivity contribution in [2.24, 2.45) is 5.41 Å². The summed E-state index contributed by atoms with van der Waals surface area (Å²) >= 11 is 6.11. The predicted octanol–water partition coefficient (Wildman–Crippen LogP) is 7.94. The number of benzene rings is 2. The maximum atomic E-state index is 9.99. The molecule has 176 valence electrons. The Kier molecular flexibility index (Phi) is 8.33. The van der Waals surface area contributed by atoms with Crippen LogP contribution in [0.3, 0.4) is 0 Å². The van der Waals surface area contributed by atoms with E-state index in [0.29, 0.717) is 11.8 Å². The zero-order valence-electron chi connectivity index (χ0n) is 21.1. The summed E-state index contributed by atoms with van der Waals surface area (Å²) < 4.78 is 2.41. The minimum Gasteiger partial charge on any atom is -0.513 e. The van der Waals surface area contributed by atoms with Crippen molar-refractivity contribution in [2.45, 2.75) is 54.5 Å². The van der Waals surface area contributed by atoms with Crippen molar-refractivity contribution in [3.05, 3.63) is 64.5 Å². The Morgan fingerprint density at radius 1 is 1.09 bits per heavy atom. The Balaban J connectivity index is 0.000000489. The zero-order valence-corrected chi connectivity index (χ0v) is 21.8. The molecule has 1 N–H and O–H groups in total. The van der Waals surface area contributed by atoms with Gasteiger partial charge in [-0.05, 0) is 59.7 Å². The van der Waals surface area contributed by atoms with Crippen molar-refractivity contribution in [3.8, 4) is 24.0 Å². The number of aliphatic hydroxyl groups is 1. The molecule has 3 aromatic rings. The molecule has 0 aliphatic carbocycles. The van der Waals surface area contributed by atoms with Crippen LogP contribution in [0.5, 0.6) is 0 Å². The first kappa shape index (κ1) is 26.4. The van der Waals surface area contributed by atoms with Crippen LogP contribution in [0.1, 0.15) is 44.5 Å². The molecule has 0 unspecified atom stereocenters. The van der Waals surface area contributed by atoms with Gasteiger partial charge in [-0.2, -0.15) is 0 Å². The molecule has 0 saturated carbocycles. The van der Waals surface area contributed by atoms with Gasteiger partial charge in [-0.1, -0.05) is 58.0 Å². The van der Waals surface area contributed by atoms with Crippen molar-refractivity contribution in [3.63, 3.8) is 0 Å². The molecule has 1 aromatic heterocycles. The second-order valence-corrected chi connectivity index (χ2v) is 10.6. The second-order valence-electron chi connectivity index (χ2n) is 10.2. The fourth-order valence-corrected chi connectivity index (χ4v) is 4.41. The molecule has 4 heteroatoms. The highest BCUT2D eigenvalue weighted by Crippen LogP contribution is 2.44. The maximum Gasteiger partial charge on any atom is 0.0895 e. The van der Waals surface area contributed by atoms with Crippen LogP contribution in [0.2, 0.25) is 5.02 Å². The summed E-state index contributed by atoms with van der Waals surface area (Å²) in [6.45, 7) is 18.8. The molecule has 3 nitrogen and oxygen atoms in total. The molecule has 0 amide bonds. The number of anilines is 1. The van der Waals surface area contributed by atoms with Gasteiger partial charge < -0.3 is 14.6 Å². The van der Waals surface area contributed by atoms with Crippen molar-refractivity contribution >= 4 is 28.2 Å². The second kappa shape index (κ2) is 10.4. The molecular weight excluding hydrogens is 428 g/mol. The molecule has 0 spiro atoms. The fourth-order valence-electron chi connectivity index (χ4n) is 4.28. The lowest BCUT2D eigenvalue weighted by molar-refractivity contribution is 0.401. The van der Waals surface area contributed by atoms with E-state index in [0.717, 1.165) is 29.2 Å². The Bertz CT molecular complexity index is 1150. The average molecular weight is 465 g/mol. The highest BCUT2D eigenvalue weighted by atomic mass is 35.5. The van der Waals surface area contributed by atoms with Gasteiger partial charge in [0.1, 0.15) is 0 Å². The van der Waals surface area contributed by atoms with Crippen LogP contribution < -0.4 is 4.90 Å². The van der Waals surface area contributed by atoms with Crippen molar-refractivity contribution in [1.82, 2.24) is 4.57 Å². The third-order valence-corrected chi connectivity index (χ3v) is 5.71. The molecule has 0 fully saturated rings. The van der Waals surface area contributed by atoms with Gasteiger partial charge in [0, 0.05) is 42.7 Å². The molecule has 0 atom stereocenters. The largest absolute Gasteiger partial charge is 0.513 e. The fraction of sp³-hybridized carbons (Fsp3) is 0.379. The summed E-state index contributed by atoms with van der Waals surface area (Å²) in [6.07, 6.45) is 8.45. The van der Waals surface area contributed by atoms with Gasteiger partial charge in [-0.15, -0.1) is 12.8 Å². The van der Waals surface area contributed by atoms with Gasteiger partial charge >= 0.3 is 0 Å². The zero-order chi connectivity index (χ0) is 25.1. The van der Waals surface area contributed by atoms with E-state index in [1.807, 2.05) is 12.1 Å². The molecule has 2 aromatic carbocycles. The third kappa shape index (κ3) is 5.95. The number of likely N-dealkylation sites (N-methyl/N-ethyl adjacent to an activating group) is 1. The SMILES string of the molecule is C#C.C=C(O)Cc1c(C)c2c3c(cc(C)n3CCN2C)c1-c1ccc(Cl)cc1.CC(C)(C)C. The Hall–Kier alpha value is -2.83. The predicted molar refractivity (Wildman–Crippen MR) is 146 cm³/mol. The van der Waals surface area contributed by atoms with Gasteiger partial charge in [-0.3, -0.25) is 0 Å². The number of aryl methyl sites for hydroxylation is 1. The molecule has 1 aliphatic heterocycles. The maximum absolute atomic E-state index is 9.99. The van der Waals surface area contributed by atoms with Crippen LogP contribution in [0.25, 0.3) is 22.0 Å².